The zero-order valence-electron chi connectivity index (χ0n) is 28.1. The van der Waals surface area contributed by atoms with Gasteiger partial charge in [0, 0.05) is 29.8 Å². The van der Waals surface area contributed by atoms with Crippen molar-refractivity contribution >= 4 is 50.7 Å². The van der Waals surface area contributed by atoms with Crippen molar-refractivity contribution in [2.45, 2.75) is 87.9 Å². The first-order valence-electron chi connectivity index (χ1n) is 17.0. The van der Waals surface area contributed by atoms with Crippen LogP contribution in [-0.4, -0.2) is 89.8 Å². The molecule has 2 aromatic rings. The molecule has 2 saturated carbocycles. The molecule has 15 heteroatoms. The molecule has 2 aliphatic heterocycles. The van der Waals surface area contributed by atoms with Gasteiger partial charge in [0.05, 0.1) is 18.4 Å². The predicted molar refractivity (Wildman–Crippen MR) is 182 cm³/mol. The maximum atomic E-state index is 14.1. The Bertz CT molecular complexity index is 1850. The number of esters is 1. The van der Waals surface area contributed by atoms with E-state index in [1.165, 1.54) is 11.0 Å². The molecule has 268 valence electrons. The molecule has 3 N–H and O–H groups in total. The monoisotopic (exact) mass is 709 g/mol. The van der Waals surface area contributed by atoms with E-state index in [2.05, 4.69) is 21.9 Å². The topological polar surface area (TPSA) is 182 Å². The normalized spacial score (nSPS) is 28.4. The molecular formula is C35H43N5O9S. The number of hydrogen-bond donors (Lipinski definition) is 3. The van der Waals surface area contributed by atoms with Gasteiger partial charge in [-0.1, -0.05) is 50.3 Å². The number of aromatic nitrogens is 1. The summed E-state index contributed by atoms with van der Waals surface area (Å²) in [4.78, 5) is 69.4. The van der Waals surface area contributed by atoms with Crippen LogP contribution in [0.5, 0.6) is 0 Å². The van der Waals surface area contributed by atoms with E-state index in [9.17, 15) is 32.4 Å². The van der Waals surface area contributed by atoms with E-state index in [-0.39, 0.29) is 26.0 Å². The maximum absolute atomic E-state index is 14.1. The maximum Gasteiger partial charge on any atom is 0.407 e. The lowest BCUT2D eigenvalue weighted by Crippen LogP contribution is -2.59. The third-order valence-electron chi connectivity index (χ3n) is 9.80. The number of fused-ring (bicyclic) bond motifs is 5. The molecule has 1 aromatic carbocycles. The van der Waals surface area contributed by atoms with Gasteiger partial charge < -0.3 is 29.6 Å². The number of para-hydroxylation sites is 1. The molecule has 3 unspecified atom stereocenters. The smallest absolute Gasteiger partial charge is 0.407 e. The van der Waals surface area contributed by atoms with Crippen LogP contribution in [0.25, 0.3) is 10.9 Å². The standard InChI is InChI=1S/C35H43N5O9S/c1-4-23-19-35(23,33(44)38-50(46,47)25-13-14-25)37-30(41)27-18-24-20-40(27)31(42)29(21(2)3)36-34(45)48-16-10-6-5-9-15-39-26-12-8-7-11-22(26)17-28(39)32(43)49-24/h4-5,7-9,11-12,17,21,23-25,27,29H,1,6,10,13-16,18-20H2,2-3H3,(H,36,45)(H,37,41)(H,38,44)/b9-5-/t23-,24?,27?,29?,35-/m1/s1. The van der Waals surface area contributed by atoms with E-state index < -0.39 is 80.6 Å². The molecule has 6 rings (SSSR count). The second-order valence-corrected chi connectivity index (χ2v) is 15.7. The van der Waals surface area contributed by atoms with Crippen molar-refractivity contribution in [1.29, 1.82) is 0 Å². The van der Waals surface area contributed by atoms with E-state index in [0.29, 0.717) is 37.9 Å². The van der Waals surface area contributed by atoms with E-state index in [0.717, 1.165) is 10.9 Å². The zero-order chi connectivity index (χ0) is 35.8. The van der Waals surface area contributed by atoms with Crippen molar-refractivity contribution < 1.29 is 41.9 Å². The summed E-state index contributed by atoms with van der Waals surface area (Å²) >= 11 is 0. The lowest BCUT2D eigenvalue weighted by Gasteiger charge is -2.31. The lowest BCUT2D eigenvalue weighted by molar-refractivity contribution is -0.141. The molecule has 0 radical (unpaired) electrons. The summed E-state index contributed by atoms with van der Waals surface area (Å²) in [5.41, 5.74) is -0.449. The number of sulfonamides is 1. The van der Waals surface area contributed by atoms with Crippen molar-refractivity contribution in [3.63, 3.8) is 0 Å². The number of hydrogen-bond acceptors (Lipinski definition) is 9. The number of ether oxygens (including phenoxy) is 2. The highest BCUT2D eigenvalue weighted by molar-refractivity contribution is 7.91. The molecule has 2 bridgehead atoms. The first-order chi connectivity index (χ1) is 23.8. The third kappa shape index (κ3) is 7.14. The van der Waals surface area contributed by atoms with Crippen LogP contribution in [0, 0.1) is 11.8 Å². The molecule has 1 saturated heterocycles. The summed E-state index contributed by atoms with van der Waals surface area (Å²) in [6.45, 7) is 7.53. The van der Waals surface area contributed by atoms with Crippen molar-refractivity contribution in [2.75, 3.05) is 13.2 Å². The number of nitrogens with one attached hydrogen (secondary N) is 3. The van der Waals surface area contributed by atoms with Gasteiger partial charge in [0.1, 0.15) is 29.4 Å². The van der Waals surface area contributed by atoms with Crippen molar-refractivity contribution in [3.8, 4) is 0 Å². The molecule has 1 aromatic heterocycles. The number of carbonyl (C=O) groups excluding carboxylic acids is 5. The van der Waals surface area contributed by atoms with Crippen LogP contribution in [0.2, 0.25) is 0 Å². The van der Waals surface area contributed by atoms with Crippen molar-refractivity contribution in [3.05, 3.63) is 60.8 Å². The Labute approximate surface area is 290 Å². The number of rotatable bonds is 7. The Morgan fingerprint density at radius 2 is 1.90 bits per heavy atom. The quantitative estimate of drug-likeness (QED) is 0.288. The van der Waals surface area contributed by atoms with Gasteiger partial charge in [-0.05, 0) is 50.2 Å². The van der Waals surface area contributed by atoms with Gasteiger partial charge in [-0.15, -0.1) is 6.58 Å². The van der Waals surface area contributed by atoms with Crippen molar-refractivity contribution in [2.24, 2.45) is 11.8 Å². The first kappa shape index (κ1) is 35.2. The van der Waals surface area contributed by atoms with Gasteiger partial charge >= 0.3 is 12.1 Å². The third-order valence-corrected chi connectivity index (χ3v) is 11.6. The first-order valence-corrected chi connectivity index (χ1v) is 18.6. The van der Waals surface area contributed by atoms with Crippen LogP contribution >= 0.6 is 0 Å². The van der Waals surface area contributed by atoms with Crippen LogP contribution in [0.3, 0.4) is 0 Å². The number of carbonyl (C=O) groups is 5. The van der Waals surface area contributed by atoms with Crippen molar-refractivity contribution in [1.82, 2.24) is 24.8 Å². The number of amides is 4. The average Bonchev–Trinajstić information content (AvgIpc) is 3.98. The van der Waals surface area contributed by atoms with Gasteiger partial charge in [0.15, 0.2) is 0 Å². The van der Waals surface area contributed by atoms with Gasteiger partial charge in [-0.25, -0.2) is 18.0 Å². The van der Waals surface area contributed by atoms with Crippen LogP contribution < -0.4 is 15.4 Å². The van der Waals surface area contributed by atoms with Crippen LogP contribution in [0.4, 0.5) is 4.79 Å². The Balaban J connectivity index is 1.30. The van der Waals surface area contributed by atoms with E-state index >= 15 is 0 Å². The Morgan fingerprint density at radius 3 is 2.60 bits per heavy atom. The zero-order valence-corrected chi connectivity index (χ0v) is 28.9. The van der Waals surface area contributed by atoms with E-state index in [1.54, 1.807) is 19.9 Å². The summed E-state index contributed by atoms with van der Waals surface area (Å²) < 4.78 is 40.5. The molecule has 3 fully saturated rings. The molecule has 2 aliphatic carbocycles. The summed E-state index contributed by atoms with van der Waals surface area (Å²) in [7, 11) is -3.91. The Kier molecular flexibility index (Phi) is 9.80. The minimum atomic E-state index is -3.91. The van der Waals surface area contributed by atoms with Crippen LogP contribution in [0.1, 0.15) is 62.9 Å². The van der Waals surface area contributed by atoms with Gasteiger partial charge in [0.2, 0.25) is 21.8 Å². The SMILES string of the molecule is C=C[C@@H]1C[C@]1(NC(=O)C1CC2CN1C(=O)C(C(C)C)NC(=O)OCCC/C=C\Cn1c(cc3ccccc31)C(=O)O2)C(=O)NS(=O)(=O)C1CC1. The highest BCUT2D eigenvalue weighted by Crippen LogP contribution is 2.45. The highest BCUT2D eigenvalue weighted by atomic mass is 32.2. The van der Waals surface area contributed by atoms with E-state index in [4.69, 9.17) is 9.47 Å². The van der Waals surface area contributed by atoms with Gasteiger partial charge in [-0.3, -0.25) is 19.1 Å². The molecule has 0 spiro atoms. The van der Waals surface area contributed by atoms with Gasteiger partial charge in [-0.2, -0.15) is 0 Å². The lowest BCUT2D eigenvalue weighted by atomic mass is 10.0. The van der Waals surface area contributed by atoms with Crippen LogP contribution in [-0.2, 0) is 40.4 Å². The molecular weight excluding hydrogens is 666 g/mol. The number of allylic oxidation sites excluding steroid dienone is 2. The highest BCUT2D eigenvalue weighted by Gasteiger charge is 2.62. The Hall–Kier alpha value is -4.66. The summed E-state index contributed by atoms with van der Waals surface area (Å²) in [5, 5.41) is 5.54. The predicted octanol–water partition coefficient (Wildman–Crippen LogP) is 2.54. The fourth-order valence-electron chi connectivity index (χ4n) is 6.71. The molecule has 4 aliphatic rings. The second kappa shape index (κ2) is 13.9. The number of cyclic esters (lactones) is 1. The minimum Gasteiger partial charge on any atom is -0.456 e. The van der Waals surface area contributed by atoms with Gasteiger partial charge in [0.25, 0.3) is 5.91 Å². The largest absolute Gasteiger partial charge is 0.456 e. The second-order valence-electron chi connectivity index (χ2n) is 13.8. The fraction of sp³-hybridized carbons (Fsp3) is 0.514. The average molecular weight is 710 g/mol. The number of nitrogens with zero attached hydrogens (tertiary/aromatic N) is 2. The Morgan fingerprint density at radius 1 is 1.14 bits per heavy atom. The summed E-state index contributed by atoms with van der Waals surface area (Å²) in [6, 6.07) is 6.97. The molecule has 3 heterocycles. The summed E-state index contributed by atoms with van der Waals surface area (Å²) in [5.74, 6) is -3.78. The molecule has 5 atom stereocenters. The van der Waals surface area contributed by atoms with Crippen LogP contribution in [0.15, 0.2) is 55.1 Å². The number of benzene rings is 1. The minimum absolute atomic E-state index is 0.102. The van der Waals surface area contributed by atoms with E-state index in [1.807, 2.05) is 41.0 Å². The molecule has 14 nitrogen and oxygen atoms in total. The molecule has 4 amide bonds. The number of alkyl carbamates (subject to hydrolysis) is 1. The molecule has 50 heavy (non-hydrogen) atoms. The summed E-state index contributed by atoms with van der Waals surface area (Å²) in [6.07, 6.45) is 5.70. The fourth-order valence-corrected chi connectivity index (χ4v) is 8.07.